The van der Waals surface area contributed by atoms with Gasteiger partial charge in [-0.25, -0.2) is 0 Å². The Morgan fingerprint density at radius 1 is 0.562 bits per heavy atom. The van der Waals surface area contributed by atoms with E-state index in [1.54, 1.807) is 0 Å². The average molecular weight is 442 g/mol. The van der Waals surface area contributed by atoms with Gasteiger partial charge in [-0.1, -0.05) is 90.6 Å². The molecule has 0 aliphatic carbocycles. The summed E-state index contributed by atoms with van der Waals surface area (Å²) in [5.74, 6) is 0. The van der Waals surface area contributed by atoms with Gasteiger partial charge in [0.1, 0.15) is 0 Å². The molecule has 0 atom stereocenters. The van der Waals surface area contributed by atoms with Crippen LogP contribution in [-0.4, -0.2) is 0 Å². The van der Waals surface area contributed by atoms with E-state index < -0.39 is 84.6 Å². The first kappa shape index (κ1) is 8.03. The molecule has 6 aromatic carbocycles. The quantitative estimate of drug-likeness (QED) is 0.222. The first-order valence-corrected chi connectivity index (χ1v) is 10.5. The van der Waals surface area contributed by atoms with E-state index in [1.165, 1.54) is 6.92 Å². The van der Waals surface area contributed by atoms with Gasteiger partial charge >= 0.3 is 0 Å². The van der Waals surface area contributed by atoms with E-state index in [1.807, 2.05) is 0 Å². The molecule has 0 saturated carbocycles. The van der Waals surface area contributed by atoms with Gasteiger partial charge in [0.05, 0.1) is 23.3 Å². The van der Waals surface area contributed by atoms with Crippen LogP contribution >= 0.6 is 11.3 Å². The van der Waals surface area contributed by atoms with E-state index in [0.717, 1.165) is 11.3 Å². The number of rotatable bonds is 1. The van der Waals surface area contributed by atoms with Crippen molar-refractivity contribution in [3.63, 3.8) is 0 Å². The van der Waals surface area contributed by atoms with E-state index >= 15 is 0 Å². The normalized spacial score (nSPS) is 19.3. The Labute approximate surface area is 214 Å². The van der Waals surface area contributed by atoms with E-state index in [4.69, 9.17) is 19.2 Å². The maximum atomic E-state index is 9.54. The highest BCUT2D eigenvalue weighted by molar-refractivity contribution is 7.26. The lowest BCUT2D eigenvalue weighted by atomic mass is 9.91. The van der Waals surface area contributed by atoms with Crippen LogP contribution in [0.3, 0.4) is 0 Å². The molecule has 0 spiro atoms. The number of aryl methyl sites for hydroxylation is 1. The Balaban J connectivity index is 1.85. The van der Waals surface area contributed by atoms with Gasteiger partial charge in [0.2, 0.25) is 0 Å². The third kappa shape index (κ3) is 2.43. The van der Waals surface area contributed by atoms with Gasteiger partial charge in [-0.15, -0.1) is 11.3 Å². The van der Waals surface area contributed by atoms with Crippen molar-refractivity contribution in [2.75, 3.05) is 0 Å². The molecule has 0 saturated heterocycles. The Hall–Kier alpha value is -3.68. The number of hydrogen-bond donors (Lipinski definition) is 0. The van der Waals surface area contributed by atoms with Crippen molar-refractivity contribution < 1.29 is 23.3 Å². The lowest BCUT2D eigenvalue weighted by Gasteiger charge is -2.12. The molecule has 0 unspecified atom stereocenters. The molecular weight excluding hydrogens is 404 g/mol. The fourth-order valence-corrected chi connectivity index (χ4v) is 5.26. The minimum atomic E-state index is -0.707. The summed E-state index contributed by atoms with van der Waals surface area (Å²) in [6.07, 6.45) is 0. The average Bonchev–Trinajstić information content (AvgIpc) is 3.48. The first-order chi connectivity index (χ1) is 22.9. The van der Waals surface area contributed by atoms with E-state index in [-0.39, 0.29) is 87.3 Å². The number of thiophene rings is 1. The zero-order chi connectivity index (χ0) is 36.0. The van der Waals surface area contributed by atoms with Crippen LogP contribution in [0.1, 0.15) is 28.9 Å². The minimum Gasteiger partial charge on any atom is -0.135 e. The molecule has 0 bridgehead atoms. The van der Waals surface area contributed by atoms with E-state index in [2.05, 4.69) is 0 Å². The molecule has 0 nitrogen and oxygen atoms in total. The Morgan fingerprint density at radius 2 is 1.12 bits per heavy atom. The van der Waals surface area contributed by atoms with Gasteiger partial charge in [-0.3, -0.25) is 0 Å². The molecule has 1 heterocycles. The summed E-state index contributed by atoms with van der Waals surface area (Å²) in [6, 6.07) is -9.87. The second kappa shape index (κ2) is 6.66. The number of hydrogen-bond acceptors (Lipinski definition) is 1. The summed E-state index contributed by atoms with van der Waals surface area (Å²) in [6.45, 7) is 1.52. The van der Waals surface area contributed by atoms with Crippen LogP contribution < -0.4 is 0 Å². The molecule has 1 heteroatoms. The SMILES string of the molecule is [2H]c1c([2H])c([2H])c2c(sc3c(-c4c([2H])c([2H])c5c6c([2H])c([2H])c([2H])c([2H])c6c6c([2H])c([2H])c([2H])c([2H])c6c5c4[2H])c([2H])c([2H])c(C)c32)c1[2H]. The van der Waals surface area contributed by atoms with Gasteiger partial charge in [-0.05, 0) is 68.0 Å². The van der Waals surface area contributed by atoms with Crippen LogP contribution in [-0.2, 0) is 0 Å². The van der Waals surface area contributed by atoms with Crippen LogP contribution in [0.15, 0.2) is 103 Å². The molecule has 7 rings (SSSR count). The van der Waals surface area contributed by atoms with Crippen molar-refractivity contribution >= 4 is 63.8 Å². The smallest absolute Gasteiger partial charge is 0.0638 e. The lowest BCUT2D eigenvalue weighted by Crippen LogP contribution is -1.86. The van der Waals surface area contributed by atoms with Gasteiger partial charge in [0.15, 0.2) is 0 Å². The fraction of sp³-hybridized carbons (Fsp3) is 0.0323. The van der Waals surface area contributed by atoms with E-state index in [9.17, 15) is 4.11 Å². The van der Waals surface area contributed by atoms with E-state index in [0.29, 0.717) is 0 Å². The molecule has 150 valence electrons. The van der Waals surface area contributed by atoms with Crippen molar-refractivity contribution in [2.45, 2.75) is 6.92 Å². The lowest BCUT2D eigenvalue weighted by molar-refractivity contribution is 1.55. The van der Waals surface area contributed by atoms with Crippen molar-refractivity contribution in [3.05, 3.63) is 108 Å². The summed E-state index contributed by atoms with van der Waals surface area (Å²) in [4.78, 5) is 0. The summed E-state index contributed by atoms with van der Waals surface area (Å²) < 4.78 is 148. The highest BCUT2D eigenvalue weighted by Gasteiger charge is 2.14. The summed E-state index contributed by atoms with van der Waals surface area (Å²) in [7, 11) is 0. The predicted octanol–water partition coefficient (Wildman–Crippen LogP) is 9.49. The Morgan fingerprint density at radius 3 is 1.81 bits per heavy atom. The predicted molar refractivity (Wildman–Crippen MR) is 142 cm³/mol. The zero-order valence-corrected chi connectivity index (χ0v) is 17.2. The monoisotopic (exact) mass is 441 g/mol. The highest BCUT2D eigenvalue weighted by Crippen LogP contribution is 2.43. The molecule has 32 heavy (non-hydrogen) atoms. The number of fused-ring (bicyclic) bond motifs is 9. The molecule has 0 fully saturated rings. The maximum absolute atomic E-state index is 9.54. The number of benzene rings is 6. The second-order valence-corrected chi connectivity index (χ2v) is 8.28. The van der Waals surface area contributed by atoms with Crippen LogP contribution in [0.4, 0.5) is 0 Å². The summed E-state index contributed by atoms with van der Waals surface area (Å²) >= 11 is 0.872. The maximum Gasteiger partial charge on any atom is 0.0638 e. The van der Waals surface area contributed by atoms with Gasteiger partial charge < -0.3 is 0 Å². The zero-order valence-electron chi connectivity index (χ0n) is 33.4. The Kier molecular flexibility index (Phi) is 1.67. The van der Waals surface area contributed by atoms with Gasteiger partial charge in [-0.2, -0.15) is 0 Å². The highest BCUT2D eigenvalue weighted by atomic mass is 32.1. The van der Waals surface area contributed by atoms with Gasteiger partial charge in [0.25, 0.3) is 0 Å². The molecule has 1 aromatic heterocycles. The molecule has 0 aliphatic rings. The van der Waals surface area contributed by atoms with Crippen LogP contribution in [0.5, 0.6) is 0 Å². The third-order valence-corrected chi connectivity index (χ3v) is 6.62. The van der Waals surface area contributed by atoms with Crippen molar-refractivity contribution in [1.82, 2.24) is 0 Å². The largest absolute Gasteiger partial charge is 0.135 e. The summed E-state index contributed by atoms with van der Waals surface area (Å²) in [5.41, 5.74) is -0.360. The van der Waals surface area contributed by atoms with Crippen LogP contribution in [0.2, 0.25) is 0 Å². The molecule has 0 N–H and O–H groups in total. The fourth-order valence-electron chi connectivity index (χ4n) is 4.09. The van der Waals surface area contributed by atoms with Crippen LogP contribution in [0, 0.1) is 6.92 Å². The second-order valence-electron chi connectivity index (χ2n) is 7.26. The van der Waals surface area contributed by atoms with Crippen molar-refractivity contribution in [2.24, 2.45) is 0 Å². The molecule has 0 amide bonds. The summed E-state index contributed by atoms with van der Waals surface area (Å²) in [5, 5.41) is -1.61. The standard InChI is InChI=1S/C31H20S/c1-19-14-16-21(31-30(19)27-12-6-7-13-29(27)32-31)20-15-17-26-24-10-3-2-8-22(24)23-9-4-5-11-25(23)28(26)18-20/h2-18H,1H3/i2D,3D,4D,5D,6D,7D,8D,9D,10D,11D,12D,13D,14D,15D,16D,17D,18D. The van der Waals surface area contributed by atoms with Gasteiger partial charge in [0, 0.05) is 20.2 Å². The molecule has 0 radical (unpaired) electrons. The van der Waals surface area contributed by atoms with Crippen molar-refractivity contribution in [1.29, 1.82) is 0 Å². The third-order valence-electron chi connectivity index (χ3n) is 5.50. The van der Waals surface area contributed by atoms with Crippen molar-refractivity contribution in [3.8, 4) is 11.1 Å². The Bertz CT molecular complexity index is 2700. The minimum absolute atomic E-state index is 0.0877. The molecular formula is C31H20S. The topological polar surface area (TPSA) is 0 Å². The first-order valence-electron chi connectivity index (χ1n) is 18.2. The molecule has 7 aromatic rings. The molecule has 0 aliphatic heterocycles. The van der Waals surface area contributed by atoms with Crippen LogP contribution in [0.25, 0.3) is 63.6 Å².